The van der Waals surface area contributed by atoms with Gasteiger partial charge in [-0.15, -0.1) is 0 Å². The lowest BCUT2D eigenvalue weighted by molar-refractivity contribution is -0.131. The zero-order chi connectivity index (χ0) is 23.6. The van der Waals surface area contributed by atoms with Crippen molar-refractivity contribution in [2.24, 2.45) is 5.92 Å². The van der Waals surface area contributed by atoms with Gasteiger partial charge in [0.2, 0.25) is 0 Å². The van der Waals surface area contributed by atoms with E-state index in [4.69, 9.17) is 4.74 Å². The minimum atomic E-state index is -0.607. The summed E-state index contributed by atoms with van der Waals surface area (Å²) in [6.07, 6.45) is 3.33. The second kappa shape index (κ2) is 8.01. The number of halogens is 1. The van der Waals surface area contributed by atoms with E-state index in [0.29, 0.717) is 26.8 Å². The van der Waals surface area contributed by atoms with Crippen LogP contribution in [0.4, 0.5) is 9.52 Å². The predicted molar refractivity (Wildman–Crippen MR) is 129 cm³/mol. The van der Waals surface area contributed by atoms with Crippen LogP contribution in [-0.4, -0.2) is 22.8 Å². The molecule has 3 heterocycles. The van der Waals surface area contributed by atoms with E-state index in [2.05, 4.69) is 18.8 Å². The maximum atomic E-state index is 13.8. The Bertz CT molecular complexity index is 1340. The zero-order valence-corrected chi connectivity index (χ0v) is 19.9. The summed E-state index contributed by atoms with van der Waals surface area (Å²) in [4.78, 5) is 33.7. The molecule has 5 nitrogen and oxygen atoms in total. The average molecular weight is 477 g/mol. The quantitative estimate of drug-likeness (QED) is 0.461. The van der Waals surface area contributed by atoms with Crippen molar-refractivity contribution in [1.82, 2.24) is 4.98 Å². The van der Waals surface area contributed by atoms with Crippen molar-refractivity contribution in [2.75, 3.05) is 4.90 Å². The maximum absolute atomic E-state index is 13.8. The molecule has 3 aromatic rings. The molecule has 1 aromatic heterocycles. The van der Waals surface area contributed by atoms with Gasteiger partial charge in [0.15, 0.2) is 16.7 Å². The second-order valence-electron chi connectivity index (χ2n) is 9.66. The Kier molecular flexibility index (Phi) is 5.06. The third kappa shape index (κ3) is 3.28. The van der Waals surface area contributed by atoms with Gasteiger partial charge in [0.05, 0.1) is 27.7 Å². The number of rotatable bonds is 3. The minimum absolute atomic E-state index is 0.0203. The number of ketones is 1. The normalized spacial score (nSPS) is 24.6. The van der Waals surface area contributed by atoms with Crippen LogP contribution < -0.4 is 4.90 Å². The first-order valence-electron chi connectivity index (χ1n) is 11.9. The van der Waals surface area contributed by atoms with Crippen LogP contribution in [0.25, 0.3) is 10.2 Å². The van der Waals surface area contributed by atoms with Gasteiger partial charge in [-0.05, 0) is 54.5 Å². The first kappa shape index (κ1) is 21.5. The van der Waals surface area contributed by atoms with Crippen LogP contribution in [-0.2, 0) is 14.3 Å². The van der Waals surface area contributed by atoms with Crippen LogP contribution in [0.2, 0.25) is 0 Å². The molecule has 0 spiro atoms. The monoisotopic (exact) mass is 476 g/mol. The highest BCUT2D eigenvalue weighted by molar-refractivity contribution is 7.22. The van der Waals surface area contributed by atoms with Gasteiger partial charge in [-0.25, -0.2) is 9.37 Å². The minimum Gasteiger partial charge on any atom is -0.483 e. The van der Waals surface area contributed by atoms with E-state index in [1.807, 2.05) is 24.3 Å². The Morgan fingerprint density at radius 1 is 1.09 bits per heavy atom. The van der Waals surface area contributed by atoms with Crippen LogP contribution in [0.5, 0.6) is 0 Å². The van der Waals surface area contributed by atoms with Crippen LogP contribution >= 0.6 is 11.3 Å². The number of fused-ring (bicyclic) bond motifs is 2. The summed E-state index contributed by atoms with van der Waals surface area (Å²) in [6.45, 7) is 4.26. The Morgan fingerprint density at radius 2 is 1.85 bits per heavy atom. The van der Waals surface area contributed by atoms with Crippen LogP contribution in [0.1, 0.15) is 62.6 Å². The molecule has 2 aliphatic heterocycles. The highest BCUT2D eigenvalue weighted by atomic mass is 32.1. The Morgan fingerprint density at radius 3 is 2.62 bits per heavy atom. The first-order chi connectivity index (χ1) is 16.4. The van der Waals surface area contributed by atoms with Gasteiger partial charge < -0.3 is 4.74 Å². The summed E-state index contributed by atoms with van der Waals surface area (Å²) >= 11 is 1.25. The molecule has 1 saturated carbocycles. The third-order valence-corrected chi connectivity index (χ3v) is 8.24. The number of hydrogen-bond donors (Lipinski definition) is 0. The van der Waals surface area contributed by atoms with Gasteiger partial charge in [-0.1, -0.05) is 55.9 Å². The molecule has 0 radical (unpaired) electrons. The smallest absolute Gasteiger partial charge is 0.296 e. The lowest BCUT2D eigenvalue weighted by atomic mass is 9.77. The van der Waals surface area contributed by atoms with Crippen molar-refractivity contribution in [3.05, 3.63) is 70.7 Å². The van der Waals surface area contributed by atoms with Gasteiger partial charge in [0.25, 0.3) is 5.91 Å². The molecule has 3 unspecified atom stereocenters. The molecule has 0 N–H and O–H groups in total. The number of hydrogen-bond acceptors (Lipinski definition) is 5. The molecular formula is C27H25FN2O3S. The lowest BCUT2D eigenvalue weighted by Gasteiger charge is -2.35. The molecule has 0 saturated heterocycles. The highest BCUT2D eigenvalue weighted by Crippen LogP contribution is 2.49. The topological polar surface area (TPSA) is 59.5 Å². The summed E-state index contributed by atoms with van der Waals surface area (Å²) in [5.74, 6) is -0.348. The van der Waals surface area contributed by atoms with Gasteiger partial charge in [-0.2, -0.15) is 0 Å². The van der Waals surface area contributed by atoms with Gasteiger partial charge in [-0.3, -0.25) is 14.5 Å². The molecule has 2 aromatic carbocycles. The molecule has 3 aliphatic rings. The summed E-state index contributed by atoms with van der Waals surface area (Å²) in [6, 6.07) is 11.9. The molecule has 7 heteroatoms. The molecular weight excluding hydrogens is 451 g/mol. The van der Waals surface area contributed by atoms with E-state index >= 15 is 0 Å². The van der Waals surface area contributed by atoms with Crippen LogP contribution in [0.15, 0.2) is 53.8 Å². The molecule has 1 amide bonds. The van der Waals surface area contributed by atoms with Gasteiger partial charge >= 0.3 is 0 Å². The molecule has 3 atom stereocenters. The van der Waals surface area contributed by atoms with E-state index in [9.17, 15) is 14.0 Å². The molecule has 1 fully saturated rings. The maximum Gasteiger partial charge on any atom is 0.296 e. The fourth-order valence-electron chi connectivity index (χ4n) is 5.41. The van der Waals surface area contributed by atoms with E-state index < -0.39 is 6.04 Å². The van der Waals surface area contributed by atoms with E-state index in [1.54, 1.807) is 11.0 Å². The van der Waals surface area contributed by atoms with Crippen molar-refractivity contribution in [3.63, 3.8) is 0 Å². The summed E-state index contributed by atoms with van der Waals surface area (Å²) in [7, 11) is 0. The number of nitrogens with zero attached hydrogens (tertiary/aromatic N) is 2. The third-order valence-electron chi connectivity index (χ3n) is 7.23. The number of Topliss-reactive ketones (excluding diaryl/α,β-unsaturated/α-hetero) is 1. The highest BCUT2D eigenvalue weighted by Gasteiger charge is 2.53. The summed E-state index contributed by atoms with van der Waals surface area (Å²) in [5, 5.41) is 0.442. The Hall–Kier alpha value is -3.06. The van der Waals surface area contributed by atoms with Crippen LogP contribution in [0, 0.1) is 11.7 Å². The zero-order valence-electron chi connectivity index (χ0n) is 19.1. The number of carbonyl (C=O) groups excluding carboxylic acids is 2. The summed E-state index contributed by atoms with van der Waals surface area (Å²) in [5.41, 5.74) is 3.09. The fraction of sp³-hybridized carbons (Fsp3) is 0.370. The average Bonchev–Trinajstić information content (AvgIpc) is 3.37. The number of carbonyl (C=O) groups is 2. The number of anilines is 1. The van der Waals surface area contributed by atoms with E-state index in [0.717, 1.165) is 31.2 Å². The van der Waals surface area contributed by atoms with Crippen molar-refractivity contribution >= 4 is 38.4 Å². The van der Waals surface area contributed by atoms with Crippen molar-refractivity contribution in [1.29, 1.82) is 0 Å². The SMILES string of the molecule is CC(C)c1ccc(C2C3=C(OC4CCCCC4C3=O)C(=O)N2c2nc3ccc(F)cc3s2)cc1. The molecule has 0 bridgehead atoms. The number of thiazole rings is 1. The number of ether oxygens (including phenoxy) is 1. The number of aromatic nitrogens is 1. The fourth-order valence-corrected chi connectivity index (χ4v) is 6.43. The first-order valence-corrected chi connectivity index (χ1v) is 12.7. The standard InChI is InChI=1S/C27H25FN2O3S/c1-14(2)15-7-9-16(10-8-15)23-22-24(31)18-5-3-4-6-20(18)33-25(22)26(32)30(23)27-29-19-12-11-17(28)13-21(19)34-27/h7-14,18,20,23H,3-6H2,1-2H3. The number of benzene rings is 2. The van der Waals surface area contributed by atoms with Gasteiger partial charge in [0, 0.05) is 0 Å². The predicted octanol–water partition coefficient (Wildman–Crippen LogP) is 6.06. The molecule has 34 heavy (non-hydrogen) atoms. The van der Waals surface area contributed by atoms with Crippen molar-refractivity contribution in [3.8, 4) is 0 Å². The lowest BCUT2D eigenvalue weighted by Crippen LogP contribution is -2.39. The van der Waals surface area contributed by atoms with E-state index in [1.165, 1.54) is 29.0 Å². The number of amides is 1. The van der Waals surface area contributed by atoms with Crippen molar-refractivity contribution in [2.45, 2.75) is 57.6 Å². The van der Waals surface area contributed by atoms with Crippen LogP contribution in [0.3, 0.4) is 0 Å². The molecule has 1 aliphatic carbocycles. The Balaban J connectivity index is 1.50. The van der Waals surface area contributed by atoms with Crippen molar-refractivity contribution < 1.29 is 18.7 Å². The van der Waals surface area contributed by atoms with Gasteiger partial charge in [0.1, 0.15) is 11.9 Å². The molecule has 174 valence electrons. The largest absolute Gasteiger partial charge is 0.483 e. The van der Waals surface area contributed by atoms with E-state index in [-0.39, 0.29) is 35.3 Å². The Labute approximate surface area is 201 Å². The summed E-state index contributed by atoms with van der Waals surface area (Å²) < 4.78 is 20.7. The molecule has 6 rings (SSSR count). The second-order valence-corrected chi connectivity index (χ2v) is 10.7.